The summed E-state index contributed by atoms with van der Waals surface area (Å²) in [5, 5.41) is 4.52. The molecule has 0 saturated carbocycles. The predicted octanol–water partition coefficient (Wildman–Crippen LogP) is 2.13. The molecule has 0 bridgehead atoms. The fourth-order valence-electron chi connectivity index (χ4n) is 1.85. The quantitative estimate of drug-likeness (QED) is 0.846. The van der Waals surface area contributed by atoms with Gasteiger partial charge in [-0.25, -0.2) is 4.98 Å². The first-order valence-electron chi connectivity index (χ1n) is 5.25. The van der Waals surface area contributed by atoms with E-state index in [0.717, 1.165) is 36.8 Å². The number of aromatic nitrogens is 1. The zero-order valence-electron chi connectivity index (χ0n) is 8.85. The molecule has 5 heteroatoms. The number of para-hydroxylation sites is 1. The molecule has 2 aromatic rings. The van der Waals surface area contributed by atoms with Gasteiger partial charge in [-0.2, -0.15) is 0 Å². The van der Waals surface area contributed by atoms with Crippen LogP contribution in [0.15, 0.2) is 24.3 Å². The van der Waals surface area contributed by atoms with Crippen LogP contribution in [-0.4, -0.2) is 31.2 Å². The molecule has 0 aliphatic carbocycles. The monoisotopic (exact) mass is 255 g/mol. The summed E-state index contributed by atoms with van der Waals surface area (Å²) in [6.45, 7) is 4.27. The van der Waals surface area contributed by atoms with E-state index in [4.69, 9.17) is 0 Å². The van der Waals surface area contributed by atoms with Crippen LogP contribution in [0.4, 0.5) is 5.13 Å². The van der Waals surface area contributed by atoms with Gasteiger partial charge >= 0.3 is 0 Å². The number of hydrogen-bond donors (Lipinski definition) is 1. The lowest BCUT2D eigenvalue weighted by atomic mass is 10.3. The summed E-state index contributed by atoms with van der Waals surface area (Å²) < 4.78 is 1.28. The molecule has 1 aliphatic heterocycles. The molecule has 16 heavy (non-hydrogen) atoms. The third kappa shape index (κ3) is 2.14. The highest BCUT2D eigenvalue weighted by Gasteiger charge is 2.13. The summed E-state index contributed by atoms with van der Waals surface area (Å²) >= 11 is 1.79. The minimum Gasteiger partial charge on any atom is -0.346 e. The molecular formula is C11H14ClN3S. The molecule has 1 fully saturated rings. The highest BCUT2D eigenvalue weighted by Crippen LogP contribution is 2.28. The van der Waals surface area contributed by atoms with E-state index in [9.17, 15) is 0 Å². The first-order valence-corrected chi connectivity index (χ1v) is 6.06. The smallest absolute Gasteiger partial charge is 0.186 e. The number of halogens is 1. The lowest BCUT2D eigenvalue weighted by Gasteiger charge is -2.26. The van der Waals surface area contributed by atoms with Crippen molar-refractivity contribution in [2.75, 3.05) is 31.1 Å². The van der Waals surface area contributed by atoms with E-state index >= 15 is 0 Å². The molecule has 1 aromatic heterocycles. The molecule has 3 nitrogen and oxygen atoms in total. The van der Waals surface area contributed by atoms with Crippen LogP contribution in [0.2, 0.25) is 0 Å². The van der Waals surface area contributed by atoms with Crippen LogP contribution in [0.1, 0.15) is 0 Å². The second-order valence-corrected chi connectivity index (χ2v) is 4.71. The zero-order chi connectivity index (χ0) is 10.1. The Morgan fingerprint density at radius 3 is 2.69 bits per heavy atom. The van der Waals surface area contributed by atoms with Gasteiger partial charge in [0, 0.05) is 26.2 Å². The van der Waals surface area contributed by atoms with Crippen molar-refractivity contribution < 1.29 is 0 Å². The zero-order valence-corrected chi connectivity index (χ0v) is 10.5. The molecule has 1 aromatic carbocycles. The maximum absolute atomic E-state index is 4.65. The second kappa shape index (κ2) is 4.99. The van der Waals surface area contributed by atoms with Crippen LogP contribution < -0.4 is 10.2 Å². The number of piperazine rings is 1. The molecule has 0 atom stereocenters. The van der Waals surface area contributed by atoms with Crippen molar-refractivity contribution in [1.82, 2.24) is 10.3 Å². The third-order valence-electron chi connectivity index (χ3n) is 2.67. The summed E-state index contributed by atoms with van der Waals surface area (Å²) in [5.41, 5.74) is 1.12. The normalized spacial score (nSPS) is 16.1. The molecule has 0 spiro atoms. The number of hydrogen-bond acceptors (Lipinski definition) is 4. The van der Waals surface area contributed by atoms with E-state index < -0.39 is 0 Å². The van der Waals surface area contributed by atoms with Crippen LogP contribution in [-0.2, 0) is 0 Å². The number of anilines is 1. The van der Waals surface area contributed by atoms with Crippen molar-refractivity contribution in [1.29, 1.82) is 0 Å². The van der Waals surface area contributed by atoms with Crippen LogP contribution in [0.5, 0.6) is 0 Å². The largest absolute Gasteiger partial charge is 0.346 e. The van der Waals surface area contributed by atoms with Gasteiger partial charge in [0.05, 0.1) is 10.2 Å². The van der Waals surface area contributed by atoms with Gasteiger partial charge in [0.2, 0.25) is 0 Å². The van der Waals surface area contributed by atoms with Crippen molar-refractivity contribution in [3.8, 4) is 0 Å². The van der Waals surface area contributed by atoms with Gasteiger partial charge in [-0.15, -0.1) is 12.4 Å². The Bertz CT molecular complexity index is 432. The number of benzene rings is 1. The Kier molecular flexibility index (Phi) is 3.63. The van der Waals surface area contributed by atoms with Crippen LogP contribution in [0.3, 0.4) is 0 Å². The second-order valence-electron chi connectivity index (χ2n) is 3.70. The van der Waals surface area contributed by atoms with E-state index in [1.54, 1.807) is 11.3 Å². The summed E-state index contributed by atoms with van der Waals surface area (Å²) in [7, 11) is 0. The number of thiazole rings is 1. The fourth-order valence-corrected chi connectivity index (χ4v) is 2.87. The Hall–Kier alpha value is -0.840. The molecule has 2 heterocycles. The standard InChI is InChI=1S/C11H13N3S.ClH/c1-2-4-10-9(3-1)13-11(15-10)14-7-5-12-6-8-14;/h1-4,12H,5-8H2;1H. The number of rotatable bonds is 1. The molecule has 86 valence electrons. The summed E-state index contributed by atoms with van der Waals surface area (Å²) in [6, 6.07) is 8.34. The number of fused-ring (bicyclic) bond motifs is 1. The number of nitrogens with one attached hydrogen (secondary N) is 1. The SMILES string of the molecule is Cl.c1ccc2sc(N3CCNCC3)nc2c1. The predicted molar refractivity (Wildman–Crippen MR) is 72.0 cm³/mol. The van der Waals surface area contributed by atoms with Gasteiger partial charge in [0.25, 0.3) is 0 Å². The van der Waals surface area contributed by atoms with Gasteiger partial charge in [-0.3, -0.25) is 0 Å². The lowest BCUT2D eigenvalue weighted by molar-refractivity contribution is 0.588. The summed E-state index contributed by atoms with van der Waals surface area (Å²) in [4.78, 5) is 7.02. The average Bonchev–Trinajstić information content (AvgIpc) is 2.74. The first-order chi connectivity index (χ1) is 7.43. The minimum atomic E-state index is 0. The minimum absolute atomic E-state index is 0. The Balaban J connectivity index is 0.000000963. The van der Waals surface area contributed by atoms with Crippen molar-refractivity contribution >= 4 is 39.1 Å². The van der Waals surface area contributed by atoms with Crippen molar-refractivity contribution in [2.24, 2.45) is 0 Å². The van der Waals surface area contributed by atoms with Gasteiger partial charge in [-0.1, -0.05) is 23.5 Å². The lowest BCUT2D eigenvalue weighted by Crippen LogP contribution is -2.43. The van der Waals surface area contributed by atoms with Gasteiger partial charge in [-0.05, 0) is 12.1 Å². The summed E-state index contributed by atoms with van der Waals surface area (Å²) in [6.07, 6.45) is 0. The molecule has 1 saturated heterocycles. The Morgan fingerprint density at radius 1 is 1.19 bits per heavy atom. The van der Waals surface area contributed by atoms with Crippen molar-refractivity contribution in [3.05, 3.63) is 24.3 Å². The maximum Gasteiger partial charge on any atom is 0.186 e. The van der Waals surface area contributed by atoms with Gasteiger partial charge in [0.15, 0.2) is 5.13 Å². The molecular weight excluding hydrogens is 242 g/mol. The molecule has 0 radical (unpaired) electrons. The third-order valence-corrected chi connectivity index (χ3v) is 3.77. The topological polar surface area (TPSA) is 28.2 Å². The first kappa shape index (κ1) is 11.6. The van der Waals surface area contributed by atoms with Crippen LogP contribution in [0.25, 0.3) is 10.2 Å². The molecule has 3 rings (SSSR count). The van der Waals surface area contributed by atoms with Crippen LogP contribution >= 0.6 is 23.7 Å². The highest BCUT2D eigenvalue weighted by atomic mass is 35.5. The number of nitrogens with zero attached hydrogens (tertiary/aromatic N) is 2. The molecule has 1 aliphatic rings. The van der Waals surface area contributed by atoms with Gasteiger partial charge < -0.3 is 10.2 Å². The van der Waals surface area contributed by atoms with Gasteiger partial charge in [0.1, 0.15) is 0 Å². The Labute approximate surface area is 105 Å². The average molecular weight is 256 g/mol. The van der Waals surface area contributed by atoms with E-state index in [1.165, 1.54) is 4.70 Å². The fraction of sp³-hybridized carbons (Fsp3) is 0.364. The highest BCUT2D eigenvalue weighted by molar-refractivity contribution is 7.22. The Morgan fingerprint density at radius 2 is 1.94 bits per heavy atom. The molecule has 0 unspecified atom stereocenters. The van der Waals surface area contributed by atoms with E-state index in [-0.39, 0.29) is 12.4 Å². The maximum atomic E-state index is 4.65. The van der Waals surface area contributed by atoms with Crippen molar-refractivity contribution in [2.45, 2.75) is 0 Å². The molecule has 1 N–H and O–H groups in total. The van der Waals surface area contributed by atoms with E-state index in [2.05, 4.69) is 33.4 Å². The molecule has 0 amide bonds. The van der Waals surface area contributed by atoms with Crippen LogP contribution in [0, 0.1) is 0 Å². The van der Waals surface area contributed by atoms with E-state index in [1.807, 2.05) is 6.07 Å². The summed E-state index contributed by atoms with van der Waals surface area (Å²) in [5.74, 6) is 0. The van der Waals surface area contributed by atoms with E-state index in [0.29, 0.717) is 0 Å². The van der Waals surface area contributed by atoms with Crippen molar-refractivity contribution in [3.63, 3.8) is 0 Å².